The van der Waals surface area contributed by atoms with Crippen LogP contribution in [-0.4, -0.2) is 23.5 Å². The molecule has 2 amide bonds. The number of nitrogens with zero attached hydrogens (tertiary/aromatic N) is 1. The van der Waals surface area contributed by atoms with E-state index in [0.717, 1.165) is 10.6 Å². The van der Waals surface area contributed by atoms with Crippen molar-refractivity contribution in [2.75, 3.05) is 11.6 Å². The number of ether oxygens (including phenoxy) is 1. The van der Waals surface area contributed by atoms with Gasteiger partial charge in [-0.2, -0.15) is 0 Å². The lowest BCUT2D eigenvalue weighted by Crippen LogP contribution is -2.35. The molecule has 0 aliphatic carbocycles. The first-order valence-corrected chi connectivity index (χ1v) is 10.2. The van der Waals surface area contributed by atoms with Gasteiger partial charge in [-0.3, -0.25) is 15.0 Å². The fraction of sp³-hybridized carbons (Fsp3) is 0.158. The summed E-state index contributed by atoms with van der Waals surface area (Å²) in [5.41, 5.74) is 4.29. The molecule has 0 spiro atoms. The number of hydrogen-bond acceptors (Lipinski definition) is 4. The number of hydrazine groups is 1. The van der Waals surface area contributed by atoms with Gasteiger partial charge in [0.2, 0.25) is 0 Å². The van der Waals surface area contributed by atoms with Gasteiger partial charge in [0, 0.05) is 9.50 Å². The SMILES string of the molecule is CCOc1cc(C=C2C(=O)NN(c3ccc(C)c(Cl)c3)C2=O)c(Br)c(Br)c1O. The third-order valence-electron chi connectivity index (χ3n) is 4.08. The summed E-state index contributed by atoms with van der Waals surface area (Å²) in [5.74, 6) is -0.902. The zero-order chi connectivity index (χ0) is 20.6. The fourth-order valence-corrected chi connectivity index (χ4v) is 3.61. The smallest absolute Gasteiger partial charge is 0.282 e. The molecule has 1 fully saturated rings. The van der Waals surface area contributed by atoms with Gasteiger partial charge in [0.05, 0.1) is 16.8 Å². The van der Waals surface area contributed by atoms with Crippen LogP contribution in [0.2, 0.25) is 5.02 Å². The van der Waals surface area contributed by atoms with Crippen molar-refractivity contribution in [1.29, 1.82) is 0 Å². The number of halogens is 3. The Morgan fingerprint density at radius 2 is 1.96 bits per heavy atom. The summed E-state index contributed by atoms with van der Waals surface area (Å²) in [6.07, 6.45) is 1.43. The molecule has 0 atom stereocenters. The number of carbonyl (C=O) groups excluding carboxylic acids is 2. The monoisotopic (exact) mass is 528 g/mol. The molecule has 1 saturated heterocycles. The quantitative estimate of drug-likeness (QED) is 0.442. The second-order valence-corrected chi connectivity index (χ2v) is 7.94. The lowest BCUT2D eigenvalue weighted by molar-refractivity contribution is -0.117. The third kappa shape index (κ3) is 3.76. The van der Waals surface area contributed by atoms with Gasteiger partial charge in [-0.1, -0.05) is 17.7 Å². The Balaban J connectivity index is 2.02. The Kier molecular flexibility index (Phi) is 6.02. The molecule has 3 rings (SSSR count). The summed E-state index contributed by atoms with van der Waals surface area (Å²) in [5, 5.41) is 11.8. The average Bonchev–Trinajstić information content (AvgIpc) is 2.94. The minimum Gasteiger partial charge on any atom is -0.503 e. The molecular formula is C19H15Br2ClN2O4. The molecule has 2 aromatic rings. The van der Waals surface area contributed by atoms with Gasteiger partial charge in [-0.05, 0) is 81.1 Å². The minimum absolute atomic E-state index is 0.0579. The van der Waals surface area contributed by atoms with Gasteiger partial charge in [-0.25, -0.2) is 5.01 Å². The molecule has 146 valence electrons. The summed E-state index contributed by atoms with van der Waals surface area (Å²) in [4.78, 5) is 25.2. The van der Waals surface area contributed by atoms with E-state index in [1.165, 1.54) is 6.08 Å². The van der Waals surface area contributed by atoms with Crippen molar-refractivity contribution in [2.24, 2.45) is 0 Å². The van der Waals surface area contributed by atoms with E-state index in [2.05, 4.69) is 37.3 Å². The summed E-state index contributed by atoms with van der Waals surface area (Å²) >= 11 is 12.8. The number of phenols is 1. The topological polar surface area (TPSA) is 78.9 Å². The normalized spacial score (nSPS) is 15.3. The molecule has 0 radical (unpaired) electrons. The average molecular weight is 531 g/mol. The van der Waals surface area contributed by atoms with Crippen molar-refractivity contribution in [3.63, 3.8) is 0 Å². The maximum Gasteiger partial charge on any atom is 0.282 e. The maximum atomic E-state index is 12.8. The van der Waals surface area contributed by atoms with Gasteiger partial charge >= 0.3 is 0 Å². The first-order chi connectivity index (χ1) is 13.2. The molecular weight excluding hydrogens is 515 g/mol. The first-order valence-electron chi connectivity index (χ1n) is 8.21. The van der Waals surface area contributed by atoms with Crippen LogP contribution in [-0.2, 0) is 9.59 Å². The standard InChI is InChI=1S/C19H15Br2ClN2O4/c1-3-28-14-7-10(15(20)16(21)17(14)25)6-12-18(26)23-24(19(12)27)11-5-4-9(2)13(22)8-11/h4-8,25H,3H2,1-2H3,(H,23,26). The Labute approximate surface area is 183 Å². The largest absolute Gasteiger partial charge is 0.503 e. The molecule has 2 N–H and O–H groups in total. The summed E-state index contributed by atoms with van der Waals surface area (Å²) in [7, 11) is 0. The lowest BCUT2D eigenvalue weighted by Gasteiger charge is -2.15. The Morgan fingerprint density at radius 1 is 1.25 bits per heavy atom. The maximum absolute atomic E-state index is 12.8. The molecule has 2 aromatic carbocycles. The molecule has 0 bridgehead atoms. The van der Waals surface area contributed by atoms with E-state index in [9.17, 15) is 14.7 Å². The van der Waals surface area contributed by atoms with Gasteiger partial charge in [-0.15, -0.1) is 0 Å². The van der Waals surface area contributed by atoms with E-state index in [1.54, 1.807) is 31.2 Å². The van der Waals surface area contributed by atoms with Crippen LogP contribution >= 0.6 is 43.5 Å². The van der Waals surface area contributed by atoms with E-state index in [4.69, 9.17) is 16.3 Å². The number of benzene rings is 2. The van der Waals surface area contributed by atoms with Gasteiger partial charge in [0.25, 0.3) is 11.8 Å². The highest BCUT2D eigenvalue weighted by atomic mass is 79.9. The number of aryl methyl sites for hydroxylation is 1. The summed E-state index contributed by atoms with van der Waals surface area (Å²) in [6.45, 7) is 3.98. The fourth-order valence-electron chi connectivity index (χ4n) is 2.60. The Hall–Kier alpha value is -2.03. The highest BCUT2D eigenvalue weighted by Crippen LogP contribution is 2.42. The molecule has 1 aliphatic heterocycles. The number of amides is 2. The molecule has 6 nitrogen and oxygen atoms in total. The zero-order valence-electron chi connectivity index (χ0n) is 14.8. The van der Waals surface area contributed by atoms with E-state index in [1.807, 2.05) is 6.92 Å². The first kappa shape index (κ1) is 20.7. The Morgan fingerprint density at radius 3 is 2.61 bits per heavy atom. The molecule has 1 heterocycles. The van der Waals surface area contributed by atoms with Crippen LogP contribution in [0, 0.1) is 6.92 Å². The predicted octanol–water partition coefficient (Wildman–Crippen LogP) is 4.74. The van der Waals surface area contributed by atoms with E-state index >= 15 is 0 Å². The lowest BCUT2D eigenvalue weighted by atomic mass is 10.1. The van der Waals surface area contributed by atoms with Crippen LogP contribution in [0.3, 0.4) is 0 Å². The van der Waals surface area contributed by atoms with Crippen molar-refractivity contribution in [2.45, 2.75) is 13.8 Å². The zero-order valence-corrected chi connectivity index (χ0v) is 18.8. The van der Waals surface area contributed by atoms with Crippen LogP contribution in [0.15, 0.2) is 38.8 Å². The van der Waals surface area contributed by atoms with Gasteiger partial charge < -0.3 is 9.84 Å². The number of carbonyl (C=O) groups is 2. The van der Waals surface area contributed by atoms with Crippen LogP contribution in [0.5, 0.6) is 11.5 Å². The summed E-state index contributed by atoms with van der Waals surface area (Å²) < 4.78 is 6.25. The highest BCUT2D eigenvalue weighted by molar-refractivity contribution is 9.13. The number of hydrogen-bond donors (Lipinski definition) is 2. The number of anilines is 1. The van der Waals surface area contributed by atoms with E-state index < -0.39 is 11.8 Å². The van der Waals surface area contributed by atoms with Crippen molar-refractivity contribution in [3.8, 4) is 11.5 Å². The van der Waals surface area contributed by atoms with Crippen molar-refractivity contribution >= 4 is 67.0 Å². The highest BCUT2D eigenvalue weighted by Gasteiger charge is 2.35. The van der Waals surface area contributed by atoms with Gasteiger partial charge in [0.15, 0.2) is 11.5 Å². The molecule has 0 unspecified atom stereocenters. The molecule has 0 saturated carbocycles. The predicted molar refractivity (Wildman–Crippen MR) is 114 cm³/mol. The second-order valence-electron chi connectivity index (χ2n) is 5.95. The van der Waals surface area contributed by atoms with E-state index in [-0.39, 0.29) is 17.1 Å². The molecule has 0 aromatic heterocycles. The van der Waals surface area contributed by atoms with Crippen LogP contribution < -0.4 is 15.2 Å². The number of phenolic OH excluding ortho intramolecular Hbond substituents is 1. The van der Waals surface area contributed by atoms with Crippen molar-refractivity contribution in [1.82, 2.24) is 5.43 Å². The second kappa shape index (κ2) is 8.14. The molecule has 9 heteroatoms. The van der Waals surface area contributed by atoms with E-state index in [0.29, 0.717) is 31.8 Å². The summed E-state index contributed by atoms with van der Waals surface area (Å²) in [6, 6.07) is 6.62. The van der Waals surface area contributed by atoms with Crippen molar-refractivity contribution in [3.05, 3.63) is 54.9 Å². The van der Waals surface area contributed by atoms with Gasteiger partial charge in [0.1, 0.15) is 5.57 Å². The molecule has 1 aliphatic rings. The van der Waals surface area contributed by atoms with Crippen LogP contribution in [0.1, 0.15) is 18.1 Å². The number of nitrogens with one attached hydrogen (secondary N) is 1. The van der Waals surface area contributed by atoms with Crippen LogP contribution in [0.25, 0.3) is 6.08 Å². The minimum atomic E-state index is -0.546. The third-order valence-corrected chi connectivity index (χ3v) is 6.64. The van der Waals surface area contributed by atoms with Crippen LogP contribution in [0.4, 0.5) is 5.69 Å². The number of aromatic hydroxyl groups is 1. The molecule has 28 heavy (non-hydrogen) atoms. The van der Waals surface area contributed by atoms with Crippen molar-refractivity contribution < 1.29 is 19.4 Å². The Bertz CT molecular complexity index is 1020. The number of rotatable bonds is 4.